The number of benzene rings is 3. The van der Waals surface area contributed by atoms with Gasteiger partial charge in [-0.3, -0.25) is 4.79 Å². The highest BCUT2D eigenvalue weighted by molar-refractivity contribution is 7.88. The van der Waals surface area contributed by atoms with Crippen molar-refractivity contribution in [3.05, 3.63) is 88.2 Å². The molecule has 1 saturated carbocycles. The summed E-state index contributed by atoms with van der Waals surface area (Å²) in [7, 11) is -4.65. The van der Waals surface area contributed by atoms with Gasteiger partial charge >= 0.3 is 13.3 Å². The van der Waals surface area contributed by atoms with Gasteiger partial charge in [0.05, 0.1) is 16.9 Å². The van der Waals surface area contributed by atoms with Crippen LogP contribution in [0.2, 0.25) is 0 Å². The van der Waals surface area contributed by atoms with Gasteiger partial charge in [0.25, 0.3) is 5.91 Å². The number of fused-ring (bicyclic) bond motifs is 1. The van der Waals surface area contributed by atoms with Crippen molar-refractivity contribution in [3.63, 3.8) is 0 Å². The SMILES string of the molecule is CNC(=O)c1c(-c2ccc(F)cc2)oc2cc(CS(=O)(=O)NCCc3ccc(B(O)O)cc3C(F)(F)F)c(C3CC3)cc12. The Morgan fingerprint density at radius 1 is 1.05 bits per heavy atom. The number of halogens is 4. The zero-order valence-electron chi connectivity index (χ0n) is 22.8. The Labute approximate surface area is 244 Å². The summed E-state index contributed by atoms with van der Waals surface area (Å²) in [5.74, 6) is -1.09. The fraction of sp³-hybridized carbons (Fsp3) is 0.276. The van der Waals surface area contributed by atoms with E-state index < -0.39 is 46.4 Å². The fourth-order valence-corrected chi connectivity index (χ4v) is 6.26. The summed E-state index contributed by atoms with van der Waals surface area (Å²) in [6.07, 6.45) is -3.43. The van der Waals surface area contributed by atoms with Gasteiger partial charge in [-0.05, 0) is 89.8 Å². The molecule has 226 valence electrons. The van der Waals surface area contributed by atoms with Gasteiger partial charge in [0.2, 0.25) is 10.0 Å². The summed E-state index contributed by atoms with van der Waals surface area (Å²) in [4.78, 5) is 12.9. The first-order valence-corrected chi connectivity index (χ1v) is 15.0. The Balaban J connectivity index is 1.43. The van der Waals surface area contributed by atoms with E-state index in [-0.39, 0.29) is 46.8 Å². The van der Waals surface area contributed by atoms with Gasteiger partial charge in [-0.15, -0.1) is 0 Å². The van der Waals surface area contributed by atoms with Crippen LogP contribution in [0.15, 0.2) is 59.0 Å². The molecule has 1 aliphatic rings. The van der Waals surface area contributed by atoms with E-state index in [1.807, 2.05) is 0 Å². The molecule has 43 heavy (non-hydrogen) atoms. The number of carbonyl (C=O) groups excluding carboxylic acids is 1. The van der Waals surface area contributed by atoms with E-state index in [1.54, 1.807) is 12.1 Å². The molecule has 1 fully saturated rings. The quantitative estimate of drug-likeness (QED) is 0.158. The zero-order valence-corrected chi connectivity index (χ0v) is 23.7. The molecule has 1 aromatic heterocycles. The minimum Gasteiger partial charge on any atom is -0.455 e. The van der Waals surface area contributed by atoms with Gasteiger partial charge in [-0.2, -0.15) is 13.2 Å². The molecular weight excluding hydrogens is 591 g/mol. The molecule has 0 radical (unpaired) electrons. The van der Waals surface area contributed by atoms with Crippen molar-refractivity contribution in [2.45, 2.75) is 37.1 Å². The van der Waals surface area contributed by atoms with E-state index in [0.29, 0.717) is 22.6 Å². The van der Waals surface area contributed by atoms with Crippen LogP contribution in [0.4, 0.5) is 17.6 Å². The van der Waals surface area contributed by atoms with Gasteiger partial charge in [-0.1, -0.05) is 12.1 Å². The summed E-state index contributed by atoms with van der Waals surface area (Å²) in [6, 6.07) is 11.6. The Kier molecular flexibility index (Phi) is 8.40. The molecule has 14 heteroatoms. The number of rotatable bonds is 10. The predicted octanol–water partition coefficient (Wildman–Crippen LogP) is 3.84. The molecule has 4 N–H and O–H groups in total. The van der Waals surface area contributed by atoms with Crippen LogP contribution >= 0.6 is 0 Å². The van der Waals surface area contributed by atoms with E-state index in [4.69, 9.17) is 4.42 Å². The van der Waals surface area contributed by atoms with Crippen LogP contribution in [0.1, 0.15) is 51.4 Å². The Morgan fingerprint density at radius 2 is 1.74 bits per heavy atom. The lowest BCUT2D eigenvalue weighted by molar-refractivity contribution is -0.138. The second-order valence-electron chi connectivity index (χ2n) is 10.4. The lowest BCUT2D eigenvalue weighted by atomic mass is 9.78. The second-order valence-corrected chi connectivity index (χ2v) is 12.2. The maximum atomic E-state index is 13.6. The molecule has 4 aromatic rings. The van der Waals surface area contributed by atoms with Gasteiger partial charge < -0.3 is 19.8 Å². The monoisotopic (exact) mass is 618 g/mol. The van der Waals surface area contributed by atoms with Crippen molar-refractivity contribution < 1.29 is 45.2 Å². The minimum atomic E-state index is -4.78. The third kappa shape index (κ3) is 6.77. The maximum absolute atomic E-state index is 13.6. The van der Waals surface area contributed by atoms with Gasteiger partial charge in [0.15, 0.2) is 0 Å². The van der Waals surface area contributed by atoms with Crippen molar-refractivity contribution in [3.8, 4) is 11.3 Å². The molecule has 3 aromatic carbocycles. The average Bonchev–Trinajstić information content (AvgIpc) is 3.72. The fourth-order valence-electron chi connectivity index (χ4n) is 5.09. The molecule has 5 rings (SSSR count). The number of nitrogens with one attached hydrogen (secondary N) is 2. The van der Waals surface area contributed by atoms with Crippen LogP contribution in [0.5, 0.6) is 0 Å². The molecular formula is C29H27BF4N2O6S. The number of amides is 1. The van der Waals surface area contributed by atoms with Crippen LogP contribution in [0.3, 0.4) is 0 Å². The molecule has 0 saturated heterocycles. The minimum absolute atomic E-state index is 0.0750. The van der Waals surface area contributed by atoms with E-state index in [2.05, 4.69) is 10.0 Å². The molecule has 1 aliphatic carbocycles. The number of alkyl halides is 3. The number of furan rings is 1. The molecule has 0 atom stereocenters. The highest BCUT2D eigenvalue weighted by Crippen LogP contribution is 2.45. The second kappa shape index (κ2) is 11.8. The third-order valence-corrected chi connectivity index (χ3v) is 8.66. The van der Waals surface area contributed by atoms with Crippen molar-refractivity contribution >= 4 is 39.5 Å². The number of carbonyl (C=O) groups is 1. The lowest BCUT2D eigenvalue weighted by Gasteiger charge is -2.15. The first-order valence-electron chi connectivity index (χ1n) is 13.4. The Hall–Kier alpha value is -3.72. The van der Waals surface area contributed by atoms with Crippen molar-refractivity contribution in [1.29, 1.82) is 0 Å². The molecule has 0 unspecified atom stereocenters. The predicted molar refractivity (Wildman–Crippen MR) is 153 cm³/mol. The standard InChI is InChI=1S/C29H27BF4N2O6S/c1-35-28(37)26-23-14-22(16-2-3-16)19(12-25(23)42-27(26)18-5-8-21(31)9-6-18)15-43(40,41)36-11-10-17-4-7-20(30(38)39)13-24(17)29(32,33)34/h4-9,12-14,16,36,38-39H,2-3,10-11,15H2,1H3,(H,35,37). The average molecular weight is 618 g/mol. The van der Waals surface area contributed by atoms with Crippen molar-refractivity contribution in [2.75, 3.05) is 13.6 Å². The van der Waals surface area contributed by atoms with Crippen LogP contribution in [0, 0.1) is 5.82 Å². The summed E-state index contributed by atoms with van der Waals surface area (Å²) in [5.41, 5.74) is 0.493. The van der Waals surface area contributed by atoms with Gasteiger partial charge in [0.1, 0.15) is 17.2 Å². The smallest absolute Gasteiger partial charge is 0.455 e. The number of hydrogen-bond donors (Lipinski definition) is 4. The van der Waals surface area contributed by atoms with Crippen molar-refractivity contribution in [2.24, 2.45) is 0 Å². The van der Waals surface area contributed by atoms with Gasteiger partial charge in [-0.25, -0.2) is 17.5 Å². The normalized spacial score (nSPS) is 13.8. The van der Waals surface area contributed by atoms with Crippen LogP contribution in [0.25, 0.3) is 22.3 Å². The van der Waals surface area contributed by atoms with Crippen LogP contribution < -0.4 is 15.5 Å². The lowest BCUT2D eigenvalue weighted by Crippen LogP contribution is -2.32. The molecule has 1 heterocycles. The highest BCUT2D eigenvalue weighted by Gasteiger charge is 2.35. The first kappa shape index (κ1) is 30.7. The molecule has 8 nitrogen and oxygen atoms in total. The molecule has 0 spiro atoms. The molecule has 0 aliphatic heterocycles. The van der Waals surface area contributed by atoms with Crippen molar-refractivity contribution in [1.82, 2.24) is 10.0 Å². The Morgan fingerprint density at radius 3 is 2.35 bits per heavy atom. The molecule has 1 amide bonds. The van der Waals surface area contributed by atoms with Crippen LogP contribution in [-0.4, -0.2) is 45.1 Å². The summed E-state index contributed by atoms with van der Waals surface area (Å²) in [6.45, 7) is -0.330. The first-order chi connectivity index (χ1) is 20.3. The third-order valence-electron chi connectivity index (χ3n) is 7.33. The molecule has 0 bridgehead atoms. The Bertz CT molecular complexity index is 1790. The van der Waals surface area contributed by atoms with E-state index in [9.17, 15) is 40.8 Å². The van der Waals surface area contributed by atoms with Crippen LogP contribution in [-0.2, 0) is 28.4 Å². The largest absolute Gasteiger partial charge is 0.488 e. The summed E-state index contributed by atoms with van der Waals surface area (Å²) >= 11 is 0. The topological polar surface area (TPSA) is 129 Å². The zero-order chi connectivity index (χ0) is 31.1. The number of sulfonamides is 1. The van der Waals surface area contributed by atoms with E-state index in [1.165, 1.54) is 31.3 Å². The maximum Gasteiger partial charge on any atom is 0.488 e. The van der Waals surface area contributed by atoms with Gasteiger partial charge in [0, 0.05) is 24.5 Å². The number of hydrogen-bond acceptors (Lipinski definition) is 6. The summed E-state index contributed by atoms with van der Waals surface area (Å²) in [5, 5.41) is 21.5. The highest BCUT2D eigenvalue weighted by atomic mass is 32.2. The van der Waals surface area contributed by atoms with E-state index in [0.717, 1.165) is 30.5 Å². The summed E-state index contributed by atoms with van der Waals surface area (Å²) < 4.78 is 88.8. The van der Waals surface area contributed by atoms with E-state index >= 15 is 0 Å².